The van der Waals surface area contributed by atoms with Gasteiger partial charge in [0.05, 0.1) is 10.7 Å². The molecule has 3 heteroatoms. The molecule has 0 fully saturated rings. The Balaban J connectivity index is 2.37. The molecule has 0 bridgehead atoms. The number of hydrogen-bond donors (Lipinski definition) is 1. The van der Waals surface area contributed by atoms with Crippen molar-refractivity contribution in [3.05, 3.63) is 51.0 Å². The summed E-state index contributed by atoms with van der Waals surface area (Å²) in [6, 6.07) is 6.08. The number of rotatable bonds is 2. The summed E-state index contributed by atoms with van der Waals surface area (Å²) in [4.78, 5) is 4.32. The van der Waals surface area contributed by atoms with Gasteiger partial charge in [-0.1, -0.05) is 23.8 Å². The zero-order valence-corrected chi connectivity index (χ0v) is 10.5. The SMILES string of the molecule is Cc1ccc(C(O)c2csc(C)n2)c(C)c1. The number of benzene rings is 1. The van der Waals surface area contributed by atoms with Gasteiger partial charge in [0.1, 0.15) is 6.10 Å². The van der Waals surface area contributed by atoms with Gasteiger partial charge in [0.25, 0.3) is 0 Å². The Hall–Kier alpha value is -1.19. The van der Waals surface area contributed by atoms with Gasteiger partial charge in [-0.2, -0.15) is 0 Å². The summed E-state index contributed by atoms with van der Waals surface area (Å²) in [7, 11) is 0. The van der Waals surface area contributed by atoms with Crippen LogP contribution in [-0.2, 0) is 0 Å². The van der Waals surface area contributed by atoms with E-state index in [1.165, 1.54) is 5.56 Å². The Bertz CT molecular complexity index is 504. The molecule has 0 saturated heterocycles. The summed E-state index contributed by atoms with van der Waals surface area (Å²) in [5.74, 6) is 0. The highest BCUT2D eigenvalue weighted by molar-refractivity contribution is 7.09. The monoisotopic (exact) mass is 233 g/mol. The van der Waals surface area contributed by atoms with E-state index in [0.717, 1.165) is 21.8 Å². The lowest BCUT2D eigenvalue weighted by Crippen LogP contribution is -2.02. The first-order valence-corrected chi connectivity index (χ1v) is 6.13. The number of thiazole rings is 1. The first kappa shape index (κ1) is 11.3. The van der Waals surface area contributed by atoms with E-state index in [1.807, 2.05) is 31.4 Å². The summed E-state index contributed by atoms with van der Waals surface area (Å²) in [6.45, 7) is 6.02. The van der Waals surface area contributed by atoms with E-state index >= 15 is 0 Å². The molecule has 1 aromatic carbocycles. The third kappa shape index (κ3) is 2.15. The highest BCUT2D eigenvalue weighted by Crippen LogP contribution is 2.26. The van der Waals surface area contributed by atoms with Crippen LogP contribution in [0, 0.1) is 20.8 Å². The summed E-state index contributed by atoms with van der Waals surface area (Å²) in [5, 5.41) is 13.1. The minimum Gasteiger partial charge on any atom is -0.382 e. The van der Waals surface area contributed by atoms with Crippen LogP contribution in [0.1, 0.15) is 33.5 Å². The summed E-state index contributed by atoms with van der Waals surface area (Å²) in [6.07, 6.45) is -0.606. The van der Waals surface area contributed by atoms with E-state index in [-0.39, 0.29) is 0 Å². The van der Waals surface area contributed by atoms with Crippen LogP contribution in [0.4, 0.5) is 0 Å². The van der Waals surface area contributed by atoms with Gasteiger partial charge in [-0.25, -0.2) is 4.98 Å². The van der Waals surface area contributed by atoms with Crippen LogP contribution in [0.3, 0.4) is 0 Å². The second-order valence-corrected chi connectivity index (χ2v) is 5.12. The van der Waals surface area contributed by atoms with Gasteiger partial charge in [0.15, 0.2) is 0 Å². The molecular formula is C13H15NOS. The van der Waals surface area contributed by atoms with Gasteiger partial charge >= 0.3 is 0 Å². The maximum Gasteiger partial charge on any atom is 0.122 e. The molecule has 0 spiro atoms. The molecule has 84 valence electrons. The lowest BCUT2D eigenvalue weighted by Gasteiger charge is -2.12. The third-order valence-corrected chi connectivity index (χ3v) is 3.43. The van der Waals surface area contributed by atoms with Gasteiger partial charge in [-0.3, -0.25) is 0 Å². The number of aliphatic hydroxyl groups excluding tert-OH is 1. The first-order chi connectivity index (χ1) is 7.58. The molecular weight excluding hydrogens is 218 g/mol. The van der Waals surface area contributed by atoms with E-state index in [4.69, 9.17) is 0 Å². The average molecular weight is 233 g/mol. The highest BCUT2D eigenvalue weighted by Gasteiger charge is 2.15. The van der Waals surface area contributed by atoms with Crippen LogP contribution in [0.25, 0.3) is 0 Å². The van der Waals surface area contributed by atoms with E-state index in [0.29, 0.717) is 0 Å². The van der Waals surface area contributed by atoms with Crippen LogP contribution in [0.15, 0.2) is 23.6 Å². The maximum atomic E-state index is 10.2. The number of aliphatic hydroxyl groups is 1. The van der Waals surface area contributed by atoms with Crippen LogP contribution >= 0.6 is 11.3 Å². The minimum atomic E-state index is -0.606. The number of nitrogens with zero attached hydrogens (tertiary/aromatic N) is 1. The predicted molar refractivity (Wildman–Crippen MR) is 66.8 cm³/mol. The third-order valence-electron chi connectivity index (χ3n) is 2.64. The van der Waals surface area contributed by atoms with Gasteiger partial charge in [-0.05, 0) is 31.9 Å². The van der Waals surface area contributed by atoms with Crippen LogP contribution in [-0.4, -0.2) is 10.1 Å². The van der Waals surface area contributed by atoms with Crippen molar-refractivity contribution in [3.63, 3.8) is 0 Å². The Labute approximate surface area is 99.6 Å². The minimum absolute atomic E-state index is 0.606. The molecule has 0 saturated carbocycles. The normalized spacial score (nSPS) is 12.8. The first-order valence-electron chi connectivity index (χ1n) is 5.25. The molecule has 1 atom stereocenters. The number of hydrogen-bond acceptors (Lipinski definition) is 3. The van der Waals surface area contributed by atoms with Crippen molar-refractivity contribution in [3.8, 4) is 0 Å². The molecule has 1 aromatic heterocycles. The van der Waals surface area contributed by atoms with Crippen LogP contribution in [0.2, 0.25) is 0 Å². The molecule has 2 nitrogen and oxygen atoms in total. The number of aryl methyl sites for hydroxylation is 3. The molecule has 1 heterocycles. The maximum absolute atomic E-state index is 10.2. The zero-order valence-electron chi connectivity index (χ0n) is 9.69. The van der Waals surface area contributed by atoms with Gasteiger partial charge < -0.3 is 5.11 Å². The Morgan fingerprint density at radius 3 is 2.56 bits per heavy atom. The Kier molecular flexibility index (Phi) is 3.08. The molecule has 0 amide bonds. The largest absolute Gasteiger partial charge is 0.382 e. The van der Waals surface area contributed by atoms with Crippen LogP contribution < -0.4 is 0 Å². The van der Waals surface area contributed by atoms with Crippen molar-refractivity contribution in [2.75, 3.05) is 0 Å². The fourth-order valence-electron chi connectivity index (χ4n) is 1.80. The van der Waals surface area contributed by atoms with E-state index < -0.39 is 6.10 Å². The van der Waals surface area contributed by atoms with Crippen molar-refractivity contribution < 1.29 is 5.11 Å². The van der Waals surface area contributed by atoms with Crippen LogP contribution in [0.5, 0.6) is 0 Å². The molecule has 1 unspecified atom stereocenters. The van der Waals surface area contributed by atoms with Crippen molar-refractivity contribution >= 4 is 11.3 Å². The molecule has 0 radical (unpaired) electrons. The lowest BCUT2D eigenvalue weighted by molar-refractivity contribution is 0.215. The Morgan fingerprint density at radius 2 is 2.00 bits per heavy atom. The fraction of sp³-hybridized carbons (Fsp3) is 0.308. The molecule has 2 rings (SSSR count). The predicted octanol–water partition coefficient (Wildman–Crippen LogP) is 3.15. The summed E-state index contributed by atoms with van der Waals surface area (Å²) < 4.78 is 0. The topological polar surface area (TPSA) is 33.1 Å². The average Bonchev–Trinajstić information content (AvgIpc) is 2.64. The van der Waals surface area contributed by atoms with Crippen molar-refractivity contribution in [2.45, 2.75) is 26.9 Å². The second kappa shape index (κ2) is 4.36. The smallest absolute Gasteiger partial charge is 0.122 e. The molecule has 1 N–H and O–H groups in total. The summed E-state index contributed by atoms with van der Waals surface area (Å²) >= 11 is 1.57. The second-order valence-electron chi connectivity index (χ2n) is 4.05. The van der Waals surface area contributed by atoms with E-state index in [9.17, 15) is 5.11 Å². The molecule has 0 aliphatic rings. The zero-order chi connectivity index (χ0) is 11.7. The van der Waals surface area contributed by atoms with Crippen molar-refractivity contribution in [1.82, 2.24) is 4.98 Å². The molecule has 0 aliphatic heterocycles. The highest BCUT2D eigenvalue weighted by atomic mass is 32.1. The van der Waals surface area contributed by atoms with E-state index in [1.54, 1.807) is 11.3 Å². The van der Waals surface area contributed by atoms with Gasteiger partial charge in [0.2, 0.25) is 0 Å². The molecule has 2 aromatic rings. The fourth-order valence-corrected chi connectivity index (χ4v) is 2.43. The lowest BCUT2D eigenvalue weighted by atomic mass is 10.00. The summed E-state index contributed by atoms with van der Waals surface area (Å²) in [5.41, 5.74) is 4.01. The molecule has 0 aliphatic carbocycles. The standard InChI is InChI=1S/C13H15NOS/c1-8-4-5-11(9(2)6-8)13(15)12-7-16-10(3)14-12/h4-7,13,15H,1-3H3. The van der Waals surface area contributed by atoms with Crippen molar-refractivity contribution in [1.29, 1.82) is 0 Å². The Morgan fingerprint density at radius 1 is 1.25 bits per heavy atom. The van der Waals surface area contributed by atoms with E-state index in [2.05, 4.69) is 18.0 Å². The quantitative estimate of drug-likeness (QED) is 0.864. The van der Waals surface area contributed by atoms with Gasteiger partial charge in [0, 0.05) is 5.38 Å². The van der Waals surface area contributed by atoms with Gasteiger partial charge in [-0.15, -0.1) is 11.3 Å². The van der Waals surface area contributed by atoms with Crippen molar-refractivity contribution in [2.24, 2.45) is 0 Å². The molecule has 16 heavy (non-hydrogen) atoms. The number of aromatic nitrogens is 1.